The van der Waals surface area contributed by atoms with Gasteiger partial charge in [-0.3, -0.25) is 9.69 Å². The van der Waals surface area contributed by atoms with E-state index >= 15 is 0 Å². The molecule has 0 bridgehead atoms. The fourth-order valence-electron chi connectivity index (χ4n) is 3.24. The summed E-state index contributed by atoms with van der Waals surface area (Å²) in [5, 5.41) is 3.36. The van der Waals surface area contributed by atoms with Gasteiger partial charge in [0.2, 0.25) is 5.91 Å². The summed E-state index contributed by atoms with van der Waals surface area (Å²) in [4.78, 5) is 18.9. The molecule has 0 radical (unpaired) electrons. The van der Waals surface area contributed by atoms with Crippen LogP contribution in [0.15, 0.2) is 0 Å². The van der Waals surface area contributed by atoms with Gasteiger partial charge >= 0.3 is 0 Å². The molecule has 2 heterocycles. The first-order valence-electron chi connectivity index (χ1n) is 7.45. The highest BCUT2D eigenvalue weighted by atomic mass is 16.2. The molecule has 0 saturated carbocycles. The lowest BCUT2D eigenvalue weighted by Gasteiger charge is -2.41. The minimum absolute atomic E-state index is 0.0251. The second kappa shape index (κ2) is 6.68. The monoisotopic (exact) mass is 268 g/mol. The molecule has 2 aliphatic rings. The molecule has 2 atom stereocenters. The molecule has 110 valence electrons. The van der Waals surface area contributed by atoms with Crippen molar-refractivity contribution in [2.24, 2.45) is 0 Å². The summed E-state index contributed by atoms with van der Waals surface area (Å²) in [5.74, 6) is 0.241. The predicted molar refractivity (Wildman–Crippen MR) is 77.2 cm³/mol. The quantitative estimate of drug-likeness (QED) is 0.755. The SMILES string of the molecule is CN1CCCC(N2CCNCC2C(=O)N(C)C)CC1. The molecule has 0 spiro atoms. The lowest BCUT2D eigenvalue weighted by Crippen LogP contribution is -2.60. The summed E-state index contributed by atoms with van der Waals surface area (Å²) in [6.45, 7) is 5.14. The summed E-state index contributed by atoms with van der Waals surface area (Å²) in [6.07, 6.45) is 3.66. The summed E-state index contributed by atoms with van der Waals surface area (Å²) < 4.78 is 0. The van der Waals surface area contributed by atoms with E-state index in [4.69, 9.17) is 0 Å². The molecular formula is C14H28N4O. The lowest BCUT2D eigenvalue weighted by molar-refractivity contribution is -0.136. The van der Waals surface area contributed by atoms with Crippen molar-refractivity contribution in [2.45, 2.75) is 31.3 Å². The summed E-state index contributed by atoms with van der Waals surface area (Å²) in [5.41, 5.74) is 0. The number of rotatable bonds is 2. The van der Waals surface area contributed by atoms with Crippen molar-refractivity contribution in [1.82, 2.24) is 20.0 Å². The molecule has 0 aromatic heterocycles. The van der Waals surface area contributed by atoms with Crippen molar-refractivity contribution in [1.29, 1.82) is 0 Å². The molecule has 2 unspecified atom stereocenters. The molecule has 5 heteroatoms. The Hall–Kier alpha value is -0.650. The molecule has 2 saturated heterocycles. The largest absolute Gasteiger partial charge is 0.347 e. The van der Waals surface area contributed by atoms with Crippen LogP contribution in [0.25, 0.3) is 0 Å². The summed E-state index contributed by atoms with van der Waals surface area (Å²) >= 11 is 0. The molecule has 5 nitrogen and oxygen atoms in total. The van der Waals surface area contributed by atoms with E-state index in [1.54, 1.807) is 4.90 Å². The van der Waals surface area contributed by atoms with Gasteiger partial charge in [0.25, 0.3) is 0 Å². The second-order valence-electron chi connectivity index (χ2n) is 6.08. The van der Waals surface area contributed by atoms with E-state index in [1.807, 2.05) is 14.1 Å². The Morgan fingerprint density at radius 1 is 1.21 bits per heavy atom. The normalized spacial score (nSPS) is 30.9. The Labute approximate surface area is 116 Å². The average Bonchev–Trinajstić information content (AvgIpc) is 2.62. The lowest BCUT2D eigenvalue weighted by atomic mass is 10.0. The van der Waals surface area contributed by atoms with Gasteiger partial charge in [0, 0.05) is 39.8 Å². The molecule has 2 rings (SSSR count). The third-order valence-corrected chi connectivity index (χ3v) is 4.40. The van der Waals surface area contributed by atoms with Crippen LogP contribution >= 0.6 is 0 Å². The zero-order valence-electron chi connectivity index (χ0n) is 12.6. The molecule has 0 aromatic rings. The number of hydrogen-bond donors (Lipinski definition) is 1. The van der Waals surface area contributed by atoms with Gasteiger partial charge in [-0.05, 0) is 39.4 Å². The fourth-order valence-corrected chi connectivity index (χ4v) is 3.24. The van der Waals surface area contributed by atoms with Gasteiger partial charge in [-0.1, -0.05) is 0 Å². The first-order valence-corrected chi connectivity index (χ1v) is 7.45. The number of nitrogens with one attached hydrogen (secondary N) is 1. The fraction of sp³-hybridized carbons (Fsp3) is 0.929. The number of likely N-dealkylation sites (tertiary alicyclic amines) is 1. The Morgan fingerprint density at radius 3 is 2.74 bits per heavy atom. The third-order valence-electron chi connectivity index (χ3n) is 4.40. The average molecular weight is 268 g/mol. The van der Waals surface area contributed by atoms with Crippen molar-refractivity contribution in [3.05, 3.63) is 0 Å². The van der Waals surface area contributed by atoms with Crippen molar-refractivity contribution < 1.29 is 4.79 Å². The molecule has 0 aromatic carbocycles. The van der Waals surface area contributed by atoms with Crippen molar-refractivity contribution in [2.75, 3.05) is 53.9 Å². The first kappa shape index (κ1) is 14.8. The van der Waals surface area contributed by atoms with Gasteiger partial charge in [-0.15, -0.1) is 0 Å². The van der Waals surface area contributed by atoms with E-state index < -0.39 is 0 Å². The zero-order valence-corrected chi connectivity index (χ0v) is 12.6. The van der Waals surface area contributed by atoms with Crippen LogP contribution in [0.5, 0.6) is 0 Å². The maximum Gasteiger partial charge on any atom is 0.240 e. The van der Waals surface area contributed by atoms with E-state index in [0.29, 0.717) is 6.04 Å². The van der Waals surface area contributed by atoms with E-state index in [-0.39, 0.29) is 11.9 Å². The van der Waals surface area contributed by atoms with E-state index in [2.05, 4.69) is 22.2 Å². The van der Waals surface area contributed by atoms with Gasteiger partial charge in [-0.2, -0.15) is 0 Å². The standard InChI is InChI=1S/C14H28N4O/c1-16(2)14(19)13-11-15-7-10-18(13)12-5-4-8-17(3)9-6-12/h12-13,15H,4-11H2,1-3H3. The number of piperazine rings is 1. The molecule has 0 aliphatic carbocycles. The number of nitrogens with zero attached hydrogens (tertiary/aromatic N) is 3. The Balaban J connectivity index is 2.04. The highest BCUT2D eigenvalue weighted by molar-refractivity contribution is 5.81. The van der Waals surface area contributed by atoms with Crippen LogP contribution in [0.4, 0.5) is 0 Å². The van der Waals surface area contributed by atoms with E-state index in [0.717, 1.165) is 26.2 Å². The molecule has 19 heavy (non-hydrogen) atoms. The minimum Gasteiger partial charge on any atom is -0.347 e. The van der Waals surface area contributed by atoms with Gasteiger partial charge in [-0.25, -0.2) is 0 Å². The van der Waals surface area contributed by atoms with Crippen LogP contribution in [0, 0.1) is 0 Å². The smallest absolute Gasteiger partial charge is 0.240 e. The summed E-state index contributed by atoms with van der Waals surface area (Å²) in [7, 11) is 5.91. The van der Waals surface area contributed by atoms with Gasteiger partial charge in [0.1, 0.15) is 6.04 Å². The van der Waals surface area contributed by atoms with E-state index in [9.17, 15) is 4.79 Å². The number of carbonyl (C=O) groups is 1. The number of amides is 1. The van der Waals surface area contributed by atoms with Gasteiger partial charge < -0.3 is 15.1 Å². The van der Waals surface area contributed by atoms with Crippen LogP contribution in [0.3, 0.4) is 0 Å². The number of hydrogen-bond acceptors (Lipinski definition) is 4. The van der Waals surface area contributed by atoms with Crippen molar-refractivity contribution in [3.63, 3.8) is 0 Å². The Morgan fingerprint density at radius 2 is 2.00 bits per heavy atom. The first-order chi connectivity index (χ1) is 9.09. The number of carbonyl (C=O) groups excluding carboxylic acids is 1. The topological polar surface area (TPSA) is 38.8 Å². The third kappa shape index (κ3) is 3.68. The zero-order chi connectivity index (χ0) is 13.8. The molecule has 1 amide bonds. The number of likely N-dealkylation sites (N-methyl/N-ethyl adjacent to an activating group) is 1. The van der Waals surface area contributed by atoms with Crippen LogP contribution in [0.2, 0.25) is 0 Å². The van der Waals surface area contributed by atoms with Gasteiger partial charge in [0.15, 0.2) is 0 Å². The highest BCUT2D eigenvalue weighted by Crippen LogP contribution is 2.20. The molecule has 2 aliphatic heterocycles. The second-order valence-corrected chi connectivity index (χ2v) is 6.08. The van der Waals surface area contributed by atoms with Crippen molar-refractivity contribution in [3.8, 4) is 0 Å². The minimum atomic E-state index is 0.0251. The van der Waals surface area contributed by atoms with E-state index in [1.165, 1.54) is 25.8 Å². The van der Waals surface area contributed by atoms with Crippen LogP contribution in [-0.4, -0.2) is 86.6 Å². The maximum absolute atomic E-state index is 12.3. The van der Waals surface area contributed by atoms with Crippen LogP contribution < -0.4 is 5.32 Å². The highest BCUT2D eigenvalue weighted by Gasteiger charge is 2.34. The van der Waals surface area contributed by atoms with Crippen molar-refractivity contribution >= 4 is 5.91 Å². The molecule has 2 fully saturated rings. The summed E-state index contributed by atoms with van der Waals surface area (Å²) in [6, 6.07) is 0.595. The predicted octanol–water partition coefficient (Wildman–Crippen LogP) is -0.167. The Bertz CT molecular complexity index is 308. The van der Waals surface area contributed by atoms with Crippen LogP contribution in [0.1, 0.15) is 19.3 Å². The van der Waals surface area contributed by atoms with Gasteiger partial charge in [0.05, 0.1) is 0 Å². The Kier molecular flexibility index (Phi) is 5.19. The molecular weight excluding hydrogens is 240 g/mol. The van der Waals surface area contributed by atoms with Crippen LogP contribution in [-0.2, 0) is 4.79 Å². The maximum atomic E-state index is 12.3. The molecule has 1 N–H and O–H groups in total.